The smallest absolute Gasteiger partial charge is 0.0916 e. The predicted octanol–water partition coefficient (Wildman–Crippen LogP) is 1.85. The van der Waals surface area contributed by atoms with Gasteiger partial charge in [-0.1, -0.05) is 6.92 Å². The molecule has 1 aliphatic rings. The number of nitrogens with zero attached hydrogens (tertiary/aromatic N) is 2. The van der Waals surface area contributed by atoms with E-state index in [1.165, 1.54) is 0 Å². The second-order valence-electron chi connectivity index (χ2n) is 5.44. The fourth-order valence-corrected chi connectivity index (χ4v) is 2.57. The lowest BCUT2D eigenvalue weighted by molar-refractivity contribution is -0.135. The van der Waals surface area contributed by atoms with E-state index in [1.807, 2.05) is 18.7 Å². The van der Waals surface area contributed by atoms with Crippen molar-refractivity contribution in [3.63, 3.8) is 0 Å². The molecule has 2 unspecified atom stereocenters. The van der Waals surface area contributed by atoms with Crippen LogP contribution in [-0.2, 0) is 24.6 Å². The van der Waals surface area contributed by atoms with Crippen LogP contribution in [0.5, 0.6) is 0 Å². The van der Waals surface area contributed by atoms with Crippen LogP contribution in [0.25, 0.3) is 0 Å². The van der Waals surface area contributed by atoms with E-state index in [0.717, 1.165) is 43.7 Å². The maximum atomic E-state index is 10.4. The van der Waals surface area contributed by atoms with E-state index >= 15 is 0 Å². The number of ether oxygens (including phenoxy) is 1. The van der Waals surface area contributed by atoms with Crippen molar-refractivity contribution in [1.29, 1.82) is 0 Å². The molecule has 0 aliphatic carbocycles. The Bertz CT molecular complexity index is 394. The highest BCUT2D eigenvalue weighted by atomic mass is 16.5. The summed E-state index contributed by atoms with van der Waals surface area (Å²) in [7, 11) is 1.94. The molecule has 1 aromatic heterocycles. The molecule has 1 N–H and O–H groups in total. The fraction of sp³-hybridized carbons (Fsp3) is 0.786. The molecule has 1 aromatic rings. The van der Waals surface area contributed by atoms with Crippen LogP contribution in [0.15, 0.2) is 6.07 Å². The van der Waals surface area contributed by atoms with Crippen LogP contribution >= 0.6 is 0 Å². The van der Waals surface area contributed by atoms with Gasteiger partial charge in [-0.3, -0.25) is 4.68 Å². The molecule has 0 bridgehead atoms. The quantitative estimate of drug-likeness (QED) is 0.889. The normalized spacial score (nSPS) is 26.2. The lowest BCUT2D eigenvalue weighted by Crippen LogP contribution is -2.45. The third-order valence-corrected chi connectivity index (χ3v) is 4.00. The number of aliphatic hydroxyl groups excluding tert-OH is 1. The zero-order chi connectivity index (χ0) is 13.2. The van der Waals surface area contributed by atoms with Gasteiger partial charge >= 0.3 is 0 Å². The van der Waals surface area contributed by atoms with Gasteiger partial charge in [-0.05, 0) is 38.7 Å². The number of hydrogen-bond donors (Lipinski definition) is 1. The molecule has 102 valence electrons. The highest BCUT2D eigenvalue weighted by Gasteiger charge is 2.36. The van der Waals surface area contributed by atoms with Crippen molar-refractivity contribution in [2.24, 2.45) is 7.05 Å². The Balaban J connectivity index is 2.05. The van der Waals surface area contributed by atoms with Gasteiger partial charge < -0.3 is 9.84 Å². The number of rotatable bonds is 4. The molecule has 1 fully saturated rings. The van der Waals surface area contributed by atoms with Gasteiger partial charge in [0.15, 0.2) is 0 Å². The van der Waals surface area contributed by atoms with Crippen LogP contribution in [0.1, 0.15) is 44.5 Å². The van der Waals surface area contributed by atoms with Crippen molar-refractivity contribution in [3.05, 3.63) is 17.5 Å². The van der Waals surface area contributed by atoms with E-state index in [1.54, 1.807) is 0 Å². The molecular formula is C14H24N2O2. The van der Waals surface area contributed by atoms with Crippen LogP contribution in [0.3, 0.4) is 0 Å². The van der Waals surface area contributed by atoms with Gasteiger partial charge in [0, 0.05) is 25.8 Å². The monoisotopic (exact) mass is 252 g/mol. The Kier molecular flexibility index (Phi) is 4.07. The Morgan fingerprint density at radius 1 is 1.56 bits per heavy atom. The lowest BCUT2D eigenvalue weighted by Gasteiger charge is -2.37. The molecule has 0 aromatic carbocycles. The molecule has 18 heavy (non-hydrogen) atoms. The van der Waals surface area contributed by atoms with Crippen molar-refractivity contribution in [1.82, 2.24) is 9.78 Å². The molecule has 1 aliphatic heterocycles. The van der Waals surface area contributed by atoms with Crippen LogP contribution in [0.4, 0.5) is 0 Å². The summed E-state index contributed by atoms with van der Waals surface area (Å²) in [6.45, 7) is 4.88. The molecule has 0 saturated carbocycles. The third-order valence-electron chi connectivity index (χ3n) is 4.00. The Morgan fingerprint density at radius 2 is 2.33 bits per heavy atom. The first-order valence-corrected chi connectivity index (χ1v) is 6.89. The number of aliphatic hydroxyl groups is 1. The van der Waals surface area contributed by atoms with Crippen molar-refractivity contribution in [2.45, 2.75) is 57.7 Å². The minimum atomic E-state index is -0.460. The highest BCUT2D eigenvalue weighted by molar-refractivity contribution is 5.12. The SMILES string of the molecule is CCc1cc(CC(O)C2(C)CCCCO2)n(C)n1. The molecular weight excluding hydrogens is 228 g/mol. The Labute approximate surface area is 109 Å². The van der Waals surface area contributed by atoms with Gasteiger partial charge in [0.2, 0.25) is 0 Å². The van der Waals surface area contributed by atoms with Gasteiger partial charge in [-0.25, -0.2) is 0 Å². The fourth-order valence-electron chi connectivity index (χ4n) is 2.57. The Hall–Kier alpha value is -0.870. The summed E-state index contributed by atoms with van der Waals surface area (Å²) < 4.78 is 7.66. The minimum Gasteiger partial charge on any atom is -0.390 e. The molecule has 2 rings (SSSR count). The standard InChI is InChI=1S/C14H24N2O2/c1-4-11-9-12(16(3)15-11)10-13(17)14(2)7-5-6-8-18-14/h9,13,17H,4-8,10H2,1-3H3. The van der Waals surface area contributed by atoms with E-state index in [4.69, 9.17) is 4.74 Å². The van der Waals surface area contributed by atoms with E-state index < -0.39 is 11.7 Å². The third kappa shape index (κ3) is 2.75. The van der Waals surface area contributed by atoms with E-state index in [9.17, 15) is 5.11 Å². The summed E-state index contributed by atoms with van der Waals surface area (Å²) in [4.78, 5) is 0. The van der Waals surface area contributed by atoms with Crippen molar-refractivity contribution < 1.29 is 9.84 Å². The average Bonchev–Trinajstić information content (AvgIpc) is 2.71. The predicted molar refractivity (Wildman–Crippen MR) is 70.5 cm³/mol. The largest absolute Gasteiger partial charge is 0.390 e. The molecule has 4 heteroatoms. The van der Waals surface area contributed by atoms with Crippen LogP contribution in [-0.4, -0.2) is 33.2 Å². The topological polar surface area (TPSA) is 47.3 Å². The maximum Gasteiger partial charge on any atom is 0.0916 e. The molecule has 4 nitrogen and oxygen atoms in total. The minimum absolute atomic E-state index is 0.394. The zero-order valence-corrected chi connectivity index (χ0v) is 11.6. The molecule has 1 saturated heterocycles. The van der Waals surface area contributed by atoms with Crippen LogP contribution in [0, 0.1) is 0 Å². The molecule has 2 heterocycles. The lowest BCUT2D eigenvalue weighted by atomic mass is 9.88. The summed E-state index contributed by atoms with van der Waals surface area (Å²) in [5, 5.41) is 14.8. The summed E-state index contributed by atoms with van der Waals surface area (Å²) in [6.07, 6.45) is 4.26. The molecule has 2 atom stereocenters. The summed E-state index contributed by atoms with van der Waals surface area (Å²) in [5.41, 5.74) is 1.76. The van der Waals surface area contributed by atoms with Gasteiger partial charge in [-0.15, -0.1) is 0 Å². The van der Waals surface area contributed by atoms with Gasteiger partial charge in [-0.2, -0.15) is 5.10 Å². The van der Waals surface area contributed by atoms with Crippen molar-refractivity contribution >= 4 is 0 Å². The number of hydrogen-bond acceptors (Lipinski definition) is 3. The number of aromatic nitrogens is 2. The summed E-state index contributed by atoms with van der Waals surface area (Å²) in [5.74, 6) is 0. The van der Waals surface area contributed by atoms with Crippen LogP contribution < -0.4 is 0 Å². The summed E-state index contributed by atoms with van der Waals surface area (Å²) in [6, 6.07) is 2.08. The van der Waals surface area contributed by atoms with Gasteiger partial charge in [0.05, 0.1) is 17.4 Å². The van der Waals surface area contributed by atoms with E-state index in [-0.39, 0.29) is 0 Å². The van der Waals surface area contributed by atoms with Gasteiger partial charge in [0.1, 0.15) is 0 Å². The van der Waals surface area contributed by atoms with Crippen molar-refractivity contribution in [2.75, 3.05) is 6.61 Å². The molecule has 0 amide bonds. The number of aryl methyl sites for hydroxylation is 2. The highest BCUT2D eigenvalue weighted by Crippen LogP contribution is 2.29. The first kappa shape index (κ1) is 13.6. The van der Waals surface area contributed by atoms with Gasteiger partial charge in [0.25, 0.3) is 0 Å². The zero-order valence-electron chi connectivity index (χ0n) is 11.6. The van der Waals surface area contributed by atoms with E-state index in [0.29, 0.717) is 6.42 Å². The summed E-state index contributed by atoms with van der Waals surface area (Å²) >= 11 is 0. The van der Waals surface area contributed by atoms with Crippen LogP contribution in [0.2, 0.25) is 0 Å². The first-order valence-electron chi connectivity index (χ1n) is 6.89. The Morgan fingerprint density at radius 3 is 2.89 bits per heavy atom. The van der Waals surface area contributed by atoms with E-state index in [2.05, 4.69) is 18.1 Å². The maximum absolute atomic E-state index is 10.4. The second kappa shape index (κ2) is 5.41. The van der Waals surface area contributed by atoms with Crippen molar-refractivity contribution in [3.8, 4) is 0 Å². The molecule has 0 spiro atoms. The first-order chi connectivity index (χ1) is 8.55. The molecule has 0 radical (unpaired) electrons. The second-order valence-corrected chi connectivity index (χ2v) is 5.44. The average molecular weight is 252 g/mol.